The molecule has 0 fully saturated rings. The lowest BCUT2D eigenvalue weighted by molar-refractivity contribution is 0.250. The predicted octanol–water partition coefficient (Wildman–Crippen LogP) is 4.40. The molecule has 0 aliphatic carbocycles. The molecule has 0 saturated carbocycles. The van der Waals surface area contributed by atoms with Crippen LogP contribution < -0.4 is 5.32 Å². The molecule has 2 aromatic rings. The summed E-state index contributed by atoms with van der Waals surface area (Å²) in [4.78, 5) is 3.88. The summed E-state index contributed by atoms with van der Waals surface area (Å²) in [5.41, 5.74) is 2.78. The predicted molar refractivity (Wildman–Crippen MR) is 93.0 cm³/mol. The highest BCUT2D eigenvalue weighted by molar-refractivity contribution is 7.10. The molecule has 0 amide bonds. The van der Waals surface area contributed by atoms with Crippen molar-refractivity contribution in [2.45, 2.75) is 32.4 Å². The van der Waals surface area contributed by atoms with Gasteiger partial charge in [-0.3, -0.25) is 4.90 Å². The standard InChI is InChI=1S/C18H26N2S/c1-14-8-5-6-9-16(14)17(19-3)11-12-20(4)15(2)18-10-7-13-21-18/h5-10,13,15,17,19H,11-12H2,1-4H3. The van der Waals surface area contributed by atoms with Crippen LogP contribution in [0.2, 0.25) is 0 Å². The summed E-state index contributed by atoms with van der Waals surface area (Å²) in [6, 6.07) is 13.9. The number of hydrogen-bond acceptors (Lipinski definition) is 3. The summed E-state index contributed by atoms with van der Waals surface area (Å²) in [6.45, 7) is 5.56. The Bertz CT molecular complexity index is 536. The number of benzene rings is 1. The van der Waals surface area contributed by atoms with Crippen LogP contribution in [0.3, 0.4) is 0 Å². The zero-order chi connectivity index (χ0) is 15.2. The minimum absolute atomic E-state index is 0.421. The average Bonchev–Trinajstić information content (AvgIpc) is 3.02. The van der Waals surface area contributed by atoms with Crippen LogP contribution in [0.15, 0.2) is 41.8 Å². The van der Waals surface area contributed by atoms with Crippen molar-refractivity contribution in [3.05, 3.63) is 57.8 Å². The Kier molecular flexibility index (Phi) is 5.97. The molecule has 2 rings (SSSR count). The summed E-state index contributed by atoms with van der Waals surface area (Å²) < 4.78 is 0. The number of nitrogens with one attached hydrogen (secondary N) is 1. The quantitative estimate of drug-likeness (QED) is 0.815. The molecule has 0 aliphatic heterocycles. The molecule has 1 aromatic heterocycles. The van der Waals surface area contributed by atoms with E-state index in [0.29, 0.717) is 12.1 Å². The van der Waals surface area contributed by atoms with Gasteiger partial charge in [0.1, 0.15) is 0 Å². The zero-order valence-electron chi connectivity index (χ0n) is 13.5. The van der Waals surface area contributed by atoms with E-state index in [0.717, 1.165) is 13.0 Å². The Labute approximate surface area is 132 Å². The van der Waals surface area contributed by atoms with Crippen molar-refractivity contribution in [1.82, 2.24) is 10.2 Å². The lowest BCUT2D eigenvalue weighted by atomic mass is 9.98. The first-order valence-corrected chi connectivity index (χ1v) is 8.48. The molecule has 2 atom stereocenters. The van der Waals surface area contributed by atoms with E-state index >= 15 is 0 Å². The number of rotatable bonds is 7. The molecule has 0 radical (unpaired) electrons. The van der Waals surface area contributed by atoms with Crippen LogP contribution in [0, 0.1) is 6.92 Å². The van der Waals surface area contributed by atoms with Gasteiger partial charge < -0.3 is 5.32 Å². The zero-order valence-corrected chi connectivity index (χ0v) is 14.3. The van der Waals surface area contributed by atoms with E-state index in [2.05, 4.69) is 79.9 Å². The van der Waals surface area contributed by atoms with E-state index in [4.69, 9.17) is 0 Å². The van der Waals surface area contributed by atoms with Gasteiger partial charge in [-0.15, -0.1) is 11.3 Å². The van der Waals surface area contributed by atoms with Crippen LogP contribution in [0.25, 0.3) is 0 Å². The van der Waals surface area contributed by atoms with Gasteiger partial charge in [-0.2, -0.15) is 0 Å². The van der Waals surface area contributed by atoms with Gasteiger partial charge in [0, 0.05) is 23.5 Å². The van der Waals surface area contributed by atoms with Crippen molar-refractivity contribution in [3.8, 4) is 0 Å². The van der Waals surface area contributed by atoms with Crippen LogP contribution in [0.4, 0.5) is 0 Å². The highest BCUT2D eigenvalue weighted by Gasteiger charge is 2.16. The van der Waals surface area contributed by atoms with Gasteiger partial charge >= 0.3 is 0 Å². The topological polar surface area (TPSA) is 15.3 Å². The van der Waals surface area contributed by atoms with Crippen molar-refractivity contribution >= 4 is 11.3 Å². The number of thiophene rings is 1. The third-order valence-electron chi connectivity index (χ3n) is 4.30. The monoisotopic (exact) mass is 302 g/mol. The maximum absolute atomic E-state index is 3.46. The Morgan fingerprint density at radius 2 is 1.95 bits per heavy atom. The average molecular weight is 302 g/mol. The van der Waals surface area contributed by atoms with Crippen LogP contribution in [-0.2, 0) is 0 Å². The summed E-state index contributed by atoms with van der Waals surface area (Å²) in [6.07, 6.45) is 1.12. The van der Waals surface area contributed by atoms with Gasteiger partial charge in [0.15, 0.2) is 0 Å². The highest BCUT2D eigenvalue weighted by Crippen LogP contribution is 2.25. The first-order chi connectivity index (χ1) is 10.1. The van der Waals surface area contributed by atoms with E-state index < -0.39 is 0 Å². The third kappa shape index (κ3) is 4.16. The first-order valence-electron chi connectivity index (χ1n) is 7.60. The maximum Gasteiger partial charge on any atom is 0.0410 e. The molecule has 0 bridgehead atoms. The molecule has 0 saturated heterocycles. The lowest BCUT2D eigenvalue weighted by Gasteiger charge is -2.27. The van der Waals surface area contributed by atoms with E-state index in [9.17, 15) is 0 Å². The van der Waals surface area contributed by atoms with Gasteiger partial charge in [-0.05, 0) is 56.9 Å². The first kappa shape index (κ1) is 16.2. The van der Waals surface area contributed by atoms with Crippen LogP contribution in [0.5, 0.6) is 0 Å². The molecular weight excluding hydrogens is 276 g/mol. The number of nitrogens with zero attached hydrogens (tertiary/aromatic N) is 1. The molecule has 1 heterocycles. The normalized spacial score (nSPS) is 14.3. The van der Waals surface area contributed by atoms with Gasteiger partial charge in [-0.25, -0.2) is 0 Å². The summed E-state index contributed by atoms with van der Waals surface area (Å²) >= 11 is 1.84. The van der Waals surface area contributed by atoms with Crippen molar-refractivity contribution in [3.63, 3.8) is 0 Å². The van der Waals surface area contributed by atoms with E-state index in [1.165, 1.54) is 16.0 Å². The smallest absolute Gasteiger partial charge is 0.0410 e. The Hall–Kier alpha value is -1.16. The van der Waals surface area contributed by atoms with Crippen LogP contribution >= 0.6 is 11.3 Å². The maximum atomic E-state index is 3.46. The van der Waals surface area contributed by atoms with Crippen molar-refractivity contribution < 1.29 is 0 Å². The second-order valence-electron chi connectivity index (χ2n) is 5.66. The van der Waals surface area contributed by atoms with Gasteiger partial charge in [0.05, 0.1) is 0 Å². The fraction of sp³-hybridized carbons (Fsp3) is 0.444. The van der Waals surface area contributed by atoms with E-state index in [1.54, 1.807) is 0 Å². The summed E-state index contributed by atoms with van der Waals surface area (Å²) in [5.74, 6) is 0. The largest absolute Gasteiger partial charge is 0.313 e. The molecule has 1 N–H and O–H groups in total. The summed E-state index contributed by atoms with van der Waals surface area (Å²) in [5, 5.41) is 5.62. The van der Waals surface area contributed by atoms with Gasteiger partial charge in [0.25, 0.3) is 0 Å². The Morgan fingerprint density at radius 1 is 1.19 bits per heavy atom. The Balaban J connectivity index is 1.96. The van der Waals surface area contributed by atoms with Crippen molar-refractivity contribution in [2.24, 2.45) is 0 Å². The minimum atomic E-state index is 0.421. The molecule has 3 heteroatoms. The van der Waals surface area contributed by atoms with Crippen LogP contribution in [-0.4, -0.2) is 25.5 Å². The molecule has 21 heavy (non-hydrogen) atoms. The SMILES string of the molecule is CNC(CCN(C)C(C)c1cccs1)c1ccccc1C. The molecule has 0 aliphatic rings. The lowest BCUT2D eigenvalue weighted by Crippen LogP contribution is -2.27. The third-order valence-corrected chi connectivity index (χ3v) is 5.34. The number of hydrogen-bond donors (Lipinski definition) is 1. The molecular formula is C18H26N2S. The fourth-order valence-electron chi connectivity index (χ4n) is 2.71. The van der Waals surface area contributed by atoms with Crippen molar-refractivity contribution in [1.29, 1.82) is 0 Å². The molecule has 114 valence electrons. The van der Waals surface area contributed by atoms with Crippen LogP contribution in [0.1, 0.15) is 41.4 Å². The minimum Gasteiger partial charge on any atom is -0.313 e. The van der Waals surface area contributed by atoms with Crippen molar-refractivity contribution in [2.75, 3.05) is 20.6 Å². The number of aryl methyl sites for hydroxylation is 1. The molecule has 2 unspecified atom stereocenters. The van der Waals surface area contributed by atoms with E-state index in [-0.39, 0.29) is 0 Å². The van der Waals surface area contributed by atoms with E-state index in [1.807, 2.05) is 11.3 Å². The second kappa shape index (κ2) is 7.74. The van der Waals surface area contributed by atoms with Gasteiger partial charge in [-0.1, -0.05) is 30.3 Å². The second-order valence-corrected chi connectivity index (χ2v) is 6.64. The fourth-order valence-corrected chi connectivity index (χ4v) is 3.55. The molecule has 2 nitrogen and oxygen atoms in total. The summed E-state index contributed by atoms with van der Waals surface area (Å²) in [7, 11) is 4.27. The molecule has 0 spiro atoms. The highest BCUT2D eigenvalue weighted by atomic mass is 32.1. The molecule has 1 aromatic carbocycles. The van der Waals surface area contributed by atoms with Gasteiger partial charge in [0.2, 0.25) is 0 Å². The Morgan fingerprint density at radius 3 is 2.57 bits per heavy atom.